The Balaban J connectivity index is 2.82. The van der Waals surface area contributed by atoms with Crippen molar-refractivity contribution in [1.29, 1.82) is 0 Å². The fourth-order valence-electron chi connectivity index (χ4n) is 1.28. The maximum absolute atomic E-state index is 12.0. The fourth-order valence-corrected chi connectivity index (χ4v) is 1.28. The molecule has 0 bridgehead atoms. The molecule has 1 aromatic rings. The summed E-state index contributed by atoms with van der Waals surface area (Å²) in [6.07, 6.45) is -3.98. The van der Waals surface area contributed by atoms with E-state index in [1.54, 1.807) is 0 Å². The summed E-state index contributed by atoms with van der Waals surface area (Å²) in [5.41, 5.74) is -0.0820. The minimum Gasteiger partial charge on any atom is -0.476 e. The largest absolute Gasteiger partial charge is 0.476 e. The maximum atomic E-state index is 12.0. The number of aromatic carboxylic acids is 1. The zero-order valence-corrected chi connectivity index (χ0v) is 9.03. The smallest absolute Gasteiger partial charge is 0.390 e. The van der Waals surface area contributed by atoms with Gasteiger partial charge in [0.2, 0.25) is 0 Å². The van der Waals surface area contributed by atoms with Crippen LogP contribution in [0, 0.1) is 0 Å². The second kappa shape index (κ2) is 5.03. The number of carboxylic acid groups (broad SMARTS) is 1. The number of halogens is 3. The molecule has 0 unspecified atom stereocenters. The summed E-state index contributed by atoms with van der Waals surface area (Å²) in [6, 6.07) is 2.90. The van der Waals surface area contributed by atoms with E-state index >= 15 is 0 Å². The fraction of sp³-hybridized carbons (Fsp3) is 0.400. The summed E-state index contributed by atoms with van der Waals surface area (Å²) in [6.45, 7) is -0.310. The molecule has 0 aliphatic rings. The molecule has 1 heterocycles. The van der Waals surface area contributed by atoms with Crippen LogP contribution in [0.3, 0.4) is 0 Å². The molecule has 0 aliphatic carbocycles. The van der Waals surface area contributed by atoms with Crippen molar-refractivity contribution in [3.8, 4) is 0 Å². The zero-order chi connectivity index (χ0) is 13.1. The number of hydrogen-bond acceptors (Lipinski definition) is 3. The van der Waals surface area contributed by atoms with Gasteiger partial charge in [-0.15, -0.1) is 0 Å². The Hall–Kier alpha value is -1.79. The van der Waals surface area contributed by atoms with Crippen LogP contribution in [0.2, 0.25) is 0 Å². The van der Waals surface area contributed by atoms with Crippen LogP contribution in [0.4, 0.5) is 18.9 Å². The first-order valence-electron chi connectivity index (χ1n) is 4.77. The average molecular weight is 248 g/mol. The van der Waals surface area contributed by atoms with Gasteiger partial charge in [-0.05, 0) is 12.1 Å². The molecule has 94 valence electrons. The van der Waals surface area contributed by atoms with Gasteiger partial charge in [-0.2, -0.15) is 13.2 Å². The number of pyridine rings is 1. The van der Waals surface area contributed by atoms with Gasteiger partial charge in [0.25, 0.3) is 0 Å². The van der Waals surface area contributed by atoms with Gasteiger partial charge in [0.1, 0.15) is 0 Å². The average Bonchev–Trinajstić information content (AvgIpc) is 2.25. The van der Waals surface area contributed by atoms with Crippen molar-refractivity contribution in [2.24, 2.45) is 0 Å². The molecule has 0 amide bonds. The molecule has 0 fully saturated rings. The molecule has 17 heavy (non-hydrogen) atoms. The lowest BCUT2D eigenvalue weighted by molar-refractivity contribution is -0.132. The van der Waals surface area contributed by atoms with Gasteiger partial charge in [0.05, 0.1) is 12.1 Å². The van der Waals surface area contributed by atoms with Crippen molar-refractivity contribution in [2.45, 2.75) is 12.6 Å². The molecule has 1 rings (SSSR count). The molecular formula is C10H11F3N2O2. The molecule has 0 spiro atoms. The topological polar surface area (TPSA) is 53.4 Å². The Labute approximate surface area is 95.7 Å². The summed E-state index contributed by atoms with van der Waals surface area (Å²) in [5, 5.41) is 8.83. The van der Waals surface area contributed by atoms with Gasteiger partial charge in [-0.3, -0.25) is 0 Å². The number of carbonyl (C=O) groups is 1. The summed E-state index contributed by atoms with van der Waals surface area (Å²) in [7, 11) is 1.40. The molecule has 1 aromatic heterocycles. The van der Waals surface area contributed by atoms with E-state index in [9.17, 15) is 18.0 Å². The summed E-state index contributed by atoms with van der Waals surface area (Å²) in [5.74, 6) is -1.26. The second-order valence-electron chi connectivity index (χ2n) is 3.46. The van der Waals surface area contributed by atoms with Gasteiger partial charge in [0, 0.05) is 19.8 Å². The molecule has 0 radical (unpaired) electrons. The van der Waals surface area contributed by atoms with E-state index in [-0.39, 0.29) is 17.9 Å². The van der Waals surface area contributed by atoms with Crippen LogP contribution in [0.15, 0.2) is 18.3 Å². The highest BCUT2D eigenvalue weighted by molar-refractivity contribution is 5.92. The molecule has 0 aliphatic heterocycles. The molecule has 0 saturated heterocycles. The van der Waals surface area contributed by atoms with E-state index in [4.69, 9.17) is 5.11 Å². The van der Waals surface area contributed by atoms with Crippen LogP contribution in [0.25, 0.3) is 0 Å². The minimum atomic E-state index is -4.26. The van der Waals surface area contributed by atoms with Crippen LogP contribution in [-0.4, -0.2) is 35.8 Å². The molecule has 0 aromatic carbocycles. The molecular weight excluding hydrogens is 237 g/mol. The number of nitrogens with zero attached hydrogens (tertiary/aromatic N) is 2. The lowest BCUT2D eigenvalue weighted by Crippen LogP contribution is -2.26. The highest BCUT2D eigenvalue weighted by atomic mass is 19.4. The standard InChI is InChI=1S/C10H11F3N2O2/c1-15(6-4-10(11,12)13)7-3-2-5-14-8(7)9(16)17/h2-3,5H,4,6H2,1H3,(H,16,17). The van der Waals surface area contributed by atoms with Crippen LogP contribution in [-0.2, 0) is 0 Å². The van der Waals surface area contributed by atoms with Crippen molar-refractivity contribution < 1.29 is 23.1 Å². The van der Waals surface area contributed by atoms with E-state index in [0.717, 1.165) is 0 Å². The van der Waals surface area contributed by atoms with E-state index < -0.39 is 18.6 Å². The van der Waals surface area contributed by atoms with Crippen LogP contribution < -0.4 is 4.90 Å². The Kier molecular flexibility index (Phi) is 3.93. The zero-order valence-electron chi connectivity index (χ0n) is 9.03. The minimum absolute atomic E-state index is 0.171. The molecule has 0 saturated carbocycles. The van der Waals surface area contributed by atoms with Gasteiger partial charge in [-0.25, -0.2) is 9.78 Å². The van der Waals surface area contributed by atoms with Crippen molar-refractivity contribution in [3.63, 3.8) is 0 Å². The van der Waals surface area contributed by atoms with Gasteiger partial charge in [-0.1, -0.05) is 0 Å². The quantitative estimate of drug-likeness (QED) is 0.887. The van der Waals surface area contributed by atoms with Crippen LogP contribution >= 0.6 is 0 Å². The number of anilines is 1. The molecule has 1 N–H and O–H groups in total. The normalized spacial score (nSPS) is 11.3. The first kappa shape index (κ1) is 13.3. The predicted octanol–water partition coefficient (Wildman–Crippen LogP) is 2.17. The Bertz CT molecular complexity index is 407. The first-order valence-corrected chi connectivity index (χ1v) is 4.77. The molecule has 7 heteroatoms. The first-order chi connectivity index (χ1) is 7.81. The van der Waals surface area contributed by atoms with E-state index in [2.05, 4.69) is 4.98 Å². The molecule has 4 nitrogen and oxygen atoms in total. The highest BCUT2D eigenvalue weighted by Gasteiger charge is 2.27. The third-order valence-corrected chi connectivity index (χ3v) is 2.13. The number of hydrogen-bond donors (Lipinski definition) is 1. The van der Waals surface area contributed by atoms with Gasteiger partial charge < -0.3 is 10.0 Å². The highest BCUT2D eigenvalue weighted by Crippen LogP contribution is 2.22. The van der Waals surface area contributed by atoms with Crippen molar-refractivity contribution in [2.75, 3.05) is 18.5 Å². The SMILES string of the molecule is CN(CCC(F)(F)F)c1cccnc1C(=O)O. The van der Waals surface area contributed by atoms with E-state index in [1.165, 1.54) is 30.3 Å². The molecule has 0 atom stereocenters. The van der Waals surface area contributed by atoms with E-state index in [1.807, 2.05) is 0 Å². The van der Waals surface area contributed by atoms with E-state index in [0.29, 0.717) is 0 Å². The number of alkyl halides is 3. The third-order valence-electron chi connectivity index (χ3n) is 2.13. The predicted molar refractivity (Wildman–Crippen MR) is 55.1 cm³/mol. The van der Waals surface area contributed by atoms with Crippen LogP contribution in [0.1, 0.15) is 16.9 Å². The Morgan fingerprint density at radius 1 is 1.53 bits per heavy atom. The van der Waals surface area contributed by atoms with Crippen molar-refractivity contribution in [1.82, 2.24) is 4.98 Å². The Morgan fingerprint density at radius 3 is 2.71 bits per heavy atom. The number of rotatable bonds is 4. The third kappa shape index (κ3) is 3.93. The maximum Gasteiger partial charge on any atom is 0.390 e. The summed E-state index contributed by atoms with van der Waals surface area (Å²) in [4.78, 5) is 15.7. The number of carboxylic acids is 1. The van der Waals surface area contributed by atoms with Crippen molar-refractivity contribution >= 4 is 11.7 Å². The lowest BCUT2D eigenvalue weighted by atomic mass is 10.2. The van der Waals surface area contributed by atoms with Gasteiger partial charge in [0.15, 0.2) is 5.69 Å². The number of aromatic nitrogens is 1. The Morgan fingerprint density at radius 2 is 2.18 bits per heavy atom. The lowest BCUT2D eigenvalue weighted by Gasteiger charge is -2.21. The van der Waals surface area contributed by atoms with Gasteiger partial charge >= 0.3 is 12.1 Å². The van der Waals surface area contributed by atoms with Crippen molar-refractivity contribution in [3.05, 3.63) is 24.0 Å². The van der Waals surface area contributed by atoms with Crippen LogP contribution in [0.5, 0.6) is 0 Å². The summed E-state index contributed by atoms with van der Waals surface area (Å²) >= 11 is 0. The second-order valence-corrected chi connectivity index (χ2v) is 3.46. The summed E-state index contributed by atoms with van der Waals surface area (Å²) < 4.78 is 36.1. The monoisotopic (exact) mass is 248 g/mol.